The molecule has 0 amide bonds. The molecule has 114 valence electrons. The van der Waals surface area contributed by atoms with E-state index in [0.717, 1.165) is 30.5 Å². The lowest BCUT2D eigenvalue weighted by Crippen LogP contribution is -2.44. The fourth-order valence-electron chi connectivity index (χ4n) is 2.96. The quantitative estimate of drug-likeness (QED) is 0.907. The van der Waals surface area contributed by atoms with Crippen LogP contribution in [0.2, 0.25) is 0 Å². The SMILES string of the molecule is Cc1ccc2[nH]c3c(c2c1)CCC(NS(=O)(=O)N(C)C)C3. The number of nitrogens with zero attached hydrogens (tertiary/aromatic N) is 1. The van der Waals surface area contributed by atoms with Crippen LogP contribution in [0, 0.1) is 6.92 Å². The molecule has 0 saturated heterocycles. The molecular formula is C15H21N3O2S. The van der Waals surface area contributed by atoms with Crippen molar-refractivity contribution < 1.29 is 8.42 Å². The summed E-state index contributed by atoms with van der Waals surface area (Å²) in [5.74, 6) is 0. The molecular weight excluding hydrogens is 286 g/mol. The van der Waals surface area contributed by atoms with Crippen molar-refractivity contribution in [1.29, 1.82) is 0 Å². The van der Waals surface area contributed by atoms with E-state index in [4.69, 9.17) is 0 Å². The van der Waals surface area contributed by atoms with Gasteiger partial charge in [-0.05, 0) is 37.5 Å². The highest BCUT2D eigenvalue weighted by Crippen LogP contribution is 2.30. The molecule has 1 aliphatic rings. The molecule has 1 aromatic carbocycles. The van der Waals surface area contributed by atoms with Gasteiger partial charge in [-0.2, -0.15) is 17.4 Å². The molecule has 1 unspecified atom stereocenters. The number of hydrogen-bond donors (Lipinski definition) is 2. The lowest BCUT2D eigenvalue weighted by Gasteiger charge is -2.25. The van der Waals surface area contributed by atoms with Crippen molar-refractivity contribution in [2.24, 2.45) is 0 Å². The lowest BCUT2D eigenvalue weighted by molar-refractivity contribution is 0.464. The summed E-state index contributed by atoms with van der Waals surface area (Å²) in [6.45, 7) is 2.09. The number of aryl methyl sites for hydroxylation is 2. The van der Waals surface area contributed by atoms with E-state index in [-0.39, 0.29) is 6.04 Å². The summed E-state index contributed by atoms with van der Waals surface area (Å²) in [5.41, 5.74) is 4.89. The predicted octanol–water partition coefficient (Wildman–Crippen LogP) is 1.73. The van der Waals surface area contributed by atoms with Gasteiger partial charge in [-0.3, -0.25) is 0 Å². The maximum absolute atomic E-state index is 11.9. The second kappa shape index (κ2) is 5.12. The van der Waals surface area contributed by atoms with E-state index in [9.17, 15) is 8.42 Å². The fourth-order valence-corrected chi connectivity index (χ4v) is 3.79. The topological polar surface area (TPSA) is 65.2 Å². The van der Waals surface area contributed by atoms with E-state index >= 15 is 0 Å². The van der Waals surface area contributed by atoms with Gasteiger partial charge in [0.05, 0.1) is 0 Å². The average Bonchev–Trinajstić information content (AvgIpc) is 2.75. The standard InChI is InChI=1S/C15H21N3O2S/c1-10-4-7-14-13(8-10)12-6-5-11(9-15(12)16-14)17-21(19,20)18(2)3/h4,7-8,11,16-17H,5-6,9H2,1-3H3. The predicted molar refractivity (Wildman–Crippen MR) is 84.6 cm³/mol. The summed E-state index contributed by atoms with van der Waals surface area (Å²) in [4.78, 5) is 3.44. The van der Waals surface area contributed by atoms with Gasteiger partial charge in [0.2, 0.25) is 0 Å². The maximum atomic E-state index is 11.9. The summed E-state index contributed by atoms with van der Waals surface area (Å²) >= 11 is 0. The monoisotopic (exact) mass is 307 g/mol. The number of fused-ring (bicyclic) bond motifs is 3. The Morgan fingerprint density at radius 3 is 2.81 bits per heavy atom. The lowest BCUT2D eigenvalue weighted by atomic mass is 9.92. The van der Waals surface area contributed by atoms with Crippen LogP contribution in [0.1, 0.15) is 23.2 Å². The molecule has 0 aliphatic heterocycles. The van der Waals surface area contributed by atoms with E-state index in [1.807, 2.05) is 0 Å². The minimum atomic E-state index is -3.37. The molecule has 5 nitrogen and oxygen atoms in total. The third-order valence-corrected chi connectivity index (χ3v) is 5.73. The third-order valence-electron chi connectivity index (χ3n) is 4.14. The second-order valence-electron chi connectivity index (χ2n) is 5.98. The van der Waals surface area contributed by atoms with Crippen molar-refractivity contribution in [3.05, 3.63) is 35.0 Å². The number of rotatable bonds is 3. The molecule has 1 atom stereocenters. The molecule has 21 heavy (non-hydrogen) atoms. The first-order valence-corrected chi connectivity index (χ1v) is 8.60. The zero-order valence-electron chi connectivity index (χ0n) is 12.6. The molecule has 0 saturated carbocycles. The summed E-state index contributed by atoms with van der Waals surface area (Å²) in [6.07, 6.45) is 2.45. The van der Waals surface area contributed by atoms with Crippen LogP contribution in [0.3, 0.4) is 0 Å². The van der Waals surface area contributed by atoms with Gasteiger partial charge in [0.1, 0.15) is 0 Å². The van der Waals surface area contributed by atoms with Crippen molar-refractivity contribution in [2.75, 3.05) is 14.1 Å². The molecule has 0 bridgehead atoms. The number of hydrogen-bond acceptors (Lipinski definition) is 2. The number of nitrogens with one attached hydrogen (secondary N) is 2. The third kappa shape index (κ3) is 2.71. The number of benzene rings is 1. The highest BCUT2D eigenvalue weighted by atomic mass is 32.2. The molecule has 1 aliphatic carbocycles. The molecule has 2 N–H and O–H groups in total. The van der Waals surface area contributed by atoms with Crippen LogP contribution in [-0.4, -0.2) is 37.8 Å². The van der Waals surface area contributed by atoms with Crippen molar-refractivity contribution in [2.45, 2.75) is 32.2 Å². The van der Waals surface area contributed by atoms with Gasteiger partial charge in [0, 0.05) is 43.2 Å². The maximum Gasteiger partial charge on any atom is 0.279 e. The van der Waals surface area contributed by atoms with E-state index in [1.165, 1.54) is 20.8 Å². The Morgan fingerprint density at radius 2 is 2.10 bits per heavy atom. The van der Waals surface area contributed by atoms with E-state index in [2.05, 4.69) is 34.8 Å². The Morgan fingerprint density at radius 1 is 1.33 bits per heavy atom. The fraction of sp³-hybridized carbons (Fsp3) is 0.467. The summed E-state index contributed by atoms with van der Waals surface area (Å²) in [7, 11) is -0.280. The Bertz CT molecular complexity index is 778. The zero-order chi connectivity index (χ0) is 15.2. The zero-order valence-corrected chi connectivity index (χ0v) is 13.4. The van der Waals surface area contributed by atoms with Crippen molar-refractivity contribution in [3.8, 4) is 0 Å². The van der Waals surface area contributed by atoms with Gasteiger partial charge >= 0.3 is 0 Å². The summed E-state index contributed by atoms with van der Waals surface area (Å²) in [5, 5.41) is 1.28. The number of aromatic amines is 1. The van der Waals surface area contributed by atoms with Gasteiger partial charge < -0.3 is 4.98 Å². The molecule has 6 heteroatoms. The first-order chi connectivity index (χ1) is 9.87. The van der Waals surface area contributed by atoms with Crippen LogP contribution in [0.4, 0.5) is 0 Å². The highest BCUT2D eigenvalue weighted by Gasteiger charge is 2.26. The van der Waals surface area contributed by atoms with Crippen LogP contribution in [0.5, 0.6) is 0 Å². The van der Waals surface area contributed by atoms with Crippen molar-refractivity contribution in [1.82, 2.24) is 14.0 Å². The largest absolute Gasteiger partial charge is 0.358 e. The first-order valence-electron chi connectivity index (χ1n) is 7.16. The van der Waals surface area contributed by atoms with Gasteiger partial charge in [-0.1, -0.05) is 11.6 Å². The van der Waals surface area contributed by atoms with Crippen LogP contribution in [-0.2, 0) is 23.1 Å². The molecule has 1 aromatic heterocycles. The Hall–Kier alpha value is -1.37. The van der Waals surface area contributed by atoms with E-state index < -0.39 is 10.2 Å². The smallest absolute Gasteiger partial charge is 0.279 e. The molecule has 0 radical (unpaired) electrons. The molecule has 1 heterocycles. The minimum absolute atomic E-state index is 0.0425. The molecule has 2 aromatic rings. The van der Waals surface area contributed by atoms with Crippen LogP contribution < -0.4 is 4.72 Å². The summed E-state index contributed by atoms with van der Waals surface area (Å²) < 4.78 is 27.9. The second-order valence-corrected chi connectivity index (χ2v) is 7.89. The Labute approximate surface area is 125 Å². The number of H-pyrrole nitrogens is 1. The van der Waals surface area contributed by atoms with Gasteiger partial charge in [0.15, 0.2) is 0 Å². The highest BCUT2D eigenvalue weighted by molar-refractivity contribution is 7.87. The Kier molecular flexibility index (Phi) is 3.55. The van der Waals surface area contributed by atoms with Gasteiger partial charge in [0.25, 0.3) is 10.2 Å². The molecule has 3 rings (SSSR count). The minimum Gasteiger partial charge on any atom is -0.358 e. The van der Waals surface area contributed by atoms with Crippen LogP contribution >= 0.6 is 0 Å². The first kappa shape index (κ1) is 14.6. The number of aromatic nitrogens is 1. The van der Waals surface area contributed by atoms with Gasteiger partial charge in [-0.25, -0.2) is 0 Å². The van der Waals surface area contributed by atoms with E-state index in [1.54, 1.807) is 14.1 Å². The van der Waals surface area contributed by atoms with Crippen molar-refractivity contribution >= 4 is 21.1 Å². The van der Waals surface area contributed by atoms with Gasteiger partial charge in [-0.15, -0.1) is 0 Å². The summed E-state index contributed by atoms with van der Waals surface area (Å²) in [6, 6.07) is 6.35. The van der Waals surface area contributed by atoms with E-state index in [0.29, 0.717) is 0 Å². The van der Waals surface area contributed by atoms with Crippen molar-refractivity contribution in [3.63, 3.8) is 0 Å². The van der Waals surface area contributed by atoms with Crippen LogP contribution in [0.25, 0.3) is 10.9 Å². The normalized spacial score (nSPS) is 19.1. The average molecular weight is 307 g/mol. The molecule has 0 spiro atoms. The Balaban J connectivity index is 1.88. The molecule has 0 fully saturated rings. The van der Waals surface area contributed by atoms with Crippen LogP contribution in [0.15, 0.2) is 18.2 Å².